The van der Waals surface area contributed by atoms with E-state index in [1.165, 1.54) is 6.07 Å². The van der Waals surface area contributed by atoms with E-state index in [0.717, 1.165) is 44.6 Å². The highest BCUT2D eigenvalue weighted by Crippen LogP contribution is 2.18. The van der Waals surface area contributed by atoms with E-state index in [-0.39, 0.29) is 10.8 Å². The summed E-state index contributed by atoms with van der Waals surface area (Å²) in [5, 5.41) is 0. The molecule has 0 spiro atoms. The van der Waals surface area contributed by atoms with Crippen LogP contribution in [0.25, 0.3) is 0 Å². The van der Waals surface area contributed by atoms with Crippen LogP contribution in [0.5, 0.6) is 0 Å². The fourth-order valence-electron chi connectivity index (χ4n) is 2.59. The Kier molecular flexibility index (Phi) is 5.46. The summed E-state index contributed by atoms with van der Waals surface area (Å²) in [5.41, 5.74) is 6.91. The standard InChI is InChI=1S/C15H21FN2OS/c1-2-19-12-5-7-18(8-6-12)10-11-3-4-14(16)13(9-11)15(17)20/h3-4,9,12H,2,5-8,10H2,1H3,(H2,17,20). The molecule has 1 saturated heterocycles. The Morgan fingerprint density at radius 2 is 2.15 bits per heavy atom. The van der Waals surface area contributed by atoms with Gasteiger partial charge in [-0.25, -0.2) is 4.39 Å². The number of thiocarbonyl (C=S) groups is 1. The molecule has 3 nitrogen and oxygen atoms in total. The van der Waals surface area contributed by atoms with E-state index < -0.39 is 0 Å². The SMILES string of the molecule is CCOC1CCN(Cc2ccc(F)c(C(N)=S)c2)CC1. The van der Waals surface area contributed by atoms with E-state index in [2.05, 4.69) is 4.90 Å². The number of nitrogens with zero attached hydrogens (tertiary/aromatic N) is 1. The first kappa shape index (κ1) is 15.4. The maximum Gasteiger partial charge on any atom is 0.133 e. The van der Waals surface area contributed by atoms with E-state index in [4.69, 9.17) is 22.7 Å². The normalized spacial score (nSPS) is 17.3. The fraction of sp³-hybridized carbons (Fsp3) is 0.533. The first-order valence-corrected chi connectivity index (χ1v) is 7.43. The number of nitrogens with two attached hydrogens (primary N) is 1. The molecule has 1 aliphatic heterocycles. The lowest BCUT2D eigenvalue weighted by molar-refractivity contribution is 0.0125. The molecule has 1 aromatic carbocycles. The van der Waals surface area contributed by atoms with Gasteiger partial charge in [-0.05, 0) is 37.5 Å². The van der Waals surface area contributed by atoms with Gasteiger partial charge in [0.05, 0.1) is 6.10 Å². The minimum atomic E-state index is -0.351. The summed E-state index contributed by atoms with van der Waals surface area (Å²) in [6, 6.07) is 4.99. The number of piperidine rings is 1. The van der Waals surface area contributed by atoms with Gasteiger partial charge in [0, 0.05) is 31.8 Å². The van der Waals surface area contributed by atoms with Crippen LogP contribution in [-0.4, -0.2) is 35.7 Å². The van der Waals surface area contributed by atoms with Crippen LogP contribution in [0.4, 0.5) is 4.39 Å². The van der Waals surface area contributed by atoms with Gasteiger partial charge in [0.1, 0.15) is 10.8 Å². The zero-order valence-corrected chi connectivity index (χ0v) is 12.6. The van der Waals surface area contributed by atoms with Gasteiger partial charge in [0.15, 0.2) is 0 Å². The van der Waals surface area contributed by atoms with Crippen molar-refractivity contribution in [2.75, 3.05) is 19.7 Å². The molecule has 1 aliphatic rings. The lowest BCUT2D eigenvalue weighted by Crippen LogP contribution is -2.36. The second kappa shape index (κ2) is 7.11. The Balaban J connectivity index is 1.94. The highest BCUT2D eigenvalue weighted by molar-refractivity contribution is 7.80. The van der Waals surface area contributed by atoms with Crippen molar-refractivity contribution in [2.45, 2.75) is 32.4 Å². The second-order valence-corrected chi connectivity index (χ2v) is 5.55. The zero-order chi connectivity index (χ0) is 14.5. The molecule has 0 unspecified atom stereocenters. The molecule has 0 saturated carbocycles. The molecule has 0 radical (unpaired) electrons. The third-order valence-electron chi connectivity index (χ3n) is 3.64. The number of likely N-dealkylation sites (tertiary alicyclic amines) is 1. The van der Waals surface area contributed by atoms with Crippen LogP contribution < -0.4 is 5.73 Å². The largest absolute Gasteiger partial charge is 0.389 e. The highest BCUT2D eigenvalue weighted by Gasteiger charge is 2.19. The second-order valence-electron chi connectivity index (χ2n) is 5.11. The fourth-order valence-corrected chi connectivity index (χ4v) is 2.74. The number of hydrogen-bond donors (Lipinski definition) is 1. The molecule has 1 aromatic rings. The monoisotopic (exact) mass is 296 g/mol. The van der Waals surface area contributed by atoms with Crippen LogP contribution in [0.15, 0.2) is 18.2 Å². The average Bonchev–Trinajstić information content (AvgIpc) is 2.43. The Bertz CT molecular complexity index is 473. The molecule has 2 rings (SSSR count). The number of rotatable bonds is 5. The first-order chi connectivity index (χ1) is 9.60. The van der Waals surface area contributed by atoms with E-state index in [1.54, 1.807) is 12.1 Å². The van der Waals surface area contributed by atoms with Crippen LogP contribution in [-0.2, 0) is 11.3 Å². The molecule has 1 fully saturated rings. The van der Waals surface area contributed by atoms with Gasteiger partial charge in [-0.3, -0.25) is 4.90 Å². The van der Waals surface area contributed by atoms with Crippen molar-refractivity contribution >= 4 is 17.2 Å². The summed E-state index contributed by atoms with van der Waals surface area (Å²) in [6.07, 6.45) is 2.49. The number of halogens is 1. The van der Waals surface area contributed by atoms with Crippen LogP contribution in [0, 0.1) is 5.82 Å². The number of ether oxygens (including phenoxy) is 1. The Labute approximate surface area is 124 Å². The van der Waals surface area contributed by atoms with E-state index in [0.29, 0.717) is 11.7 Å². The molecule has 0 amide bonds. The topological polar surface area (TPSA) is 38.5 Å². The predicted molar refractivity (Wildman–Crippen MR) is 82.2 cm³/mol. The van der Waals surface area contributed by atoms with E-state index in [1.807, 2.05) is 6.92 Å². The third-order valence-corrected chi connectivity index (χ3v) is 3.86. The van der Waals surface area contributed by atoms with Crippen LogP contribution in [0.1, 0.15) is 30.9 Å². The van der Waals surface area contributed by atoms with Crippen molar-refractivity contribution in [3.05, 3.63) is 35.1 Å². The van der Waals surface area contributed by atoms with Gasteiger partial charge in [-0.15, -0.1) is 0 Å². The van der Waals surface area contributed by atoms with Gasteiger partial charge in [0.25, 0.3) is 0 Å². The molecule has 0 aromatic heterocycles. The quantitative estimate of drug-likeness (QED) is 0.847. The van der Waals surface area contributed by atoms with Gasteiger partial charge in [-0.1, -0.05) is 18.3 Å². The summed E-state index contributed by atoms with van der Waals surface area (Å²) in [4.78, 5) is 2.46. The van der Waals surface area contributed by atoms with Crippen LogP contribution >= 0.6 is 12.2 Å². The number of hydrogen-bond acceptors (Lipinski definition) is 3. The van der Waals surface area contributed by atoms with Crippen molar-refractivity contribution in [1.82, 2.24) is 4.90 Å². The van der Waals surface area contributed by atoms with Crippen LogP contribution in [0.2, 0.25) is 0 Å². The summed E-state index contributed by atoms with van der Waals surface area (Å²) in [5.74, 6) is -0.351. The summed E-state index contributed by atoms with van der Waals surface area (Å²) >= 11 is 4.87. The smallest absolute Gasteiger partial charge is 0.133 e. The summed E-state index contributed by atoms with van der Waals surface area (Å²) < 4.78 is 19.2. The minimum Gasteiger partial charge on any atom is -0.389 e. The molecule has 0 atom stereocenters. The van der Waals surface area contributed by atoms with Gasteiger partial charge in [0.2, 0.25) is 0 Å². The Morgan fingerprint density at radius 3 is 2.75 bits per heavy atom. The first-order valence-electron chi connectivity index (χ1n) is 7.02. The Morgan fingerprint density at radius 1 is 1.45 bits per heavy atom. The molecule has 0 aliphatic carbocycles. The lowest BCUT2D eigenvalue weighted by Gasteiger charge is -2.31. The molecular formula is C15H21FN2OS. The van der Waals surface area contributed by atoms with Crippen molar-refractivity contribution in [3.8, 4) is 0 Å². The minimum absolute atomic E-state index is 0.111. The molecule has 0 bridgehead atoms. The van der Waals surface area contributed by atoms with Gasteiger partial charge in [-0.2, -0.15) is 0 Å². The van der Waals surface area contributed by atoms with E-state index in [9.17, 15) is 4.39 Å². The third kappa shape index (κ3) is 3.98. The maximum atomic E-state index is 13.5. The molecule has 20 heavy (non-hydrogen) atoms. The van der Waals surface area contributed by atoms with Crippen molar-refractivity contribution in [3.63, 3.8) is 0 Å². The Hall–Kier alpha value is -1.04. The van der Waals surface area contributed by atoms with Crippen molar-refractivity contribution in [1.29, 1.82) is 0 Å². The van der Waals surface area contributed by atoms with E-state index >= 15 is 0 Å². The maximum absolute atomic E-state index is 13.5. The molecule has 2 N–H and O–H groups in total. The predicted octanol–water partition coefficient (Wildman–Crippen LogP) is 2.46. The van der Waals surface area contributed by atoms with Crippen molar-refractivity contribution in [2.24, 2.45) is 5.73 Å². The summed E-state index contributed by atoms with van der Waals surface area (Å²) in [6.45, 7) is 5.62. The van der Waals surface area contributed by atoms with Crippen LogP contribution in [0.3, 0.4) is 0 Å². The molecule has 1 heterocycles. The van der Waals surface area contributed by atoms with Crippen molar-refractivity contribution < 1.29 is 9.13 Å². The zero-order valence-electron chi connectivity index (χ0n) is 11.8. The average molecular weight is 296 g/mol. The lowest BCUT2D eigenvalue weighted by atomic mass is 10.1. The summed E-state index contributed by atoms with van der Waals surface area (Å²) in [7, 11) is 0. The molecule has 110 valence electrons. The van der Waals surface area contributed by atoms with Gasteiger partial charge < -0.3 is 10.5 Å². The highest BCUT2D eigenvalue weighted by atomic mass is 32.1. The van der Waals surface area contributed by atoms with Gasteiger partial charge >= 0.3 is 0 Å². The molecule has 5 heteroatoms. The molecular weight excluding hydrogens is 275 g/mol. The number of benzene rings is 1.